The van der Waals surface area contributed by atoms with Crippen molar-refractivity contribution in [1.82, 2.24) is 0 Å². The van der Waals surface area contributed by atoms with Crippen LogP contribution in [-0.2, 0) is 10.0 Å². The van der Waals surface area contributed by atoms with E-state index in [4.69, 9.17) is 10.9 Å². The van der Waals surface area contributed by atoms with Crippen LogP contribution in [0, 0.1) is 5.92 Å². The van der Waals surface area contributed by atoms with Crippen molar-refractivity contribution in [3.8, 4) is 0 Å². The van der Waals surface area contributed by atoms with Crippen LogP contribution in [-0.4, -0.2) is 26.6 Å². The molecule has 6 heteroatoms. The summed E-state index contributed by atoms with van der Waals surface area (Å²) in [4.78, 5) is 3.91. The Morgan fingerprint density at radius 2 is 2.08 bits per heavy atom. The van der Waals surface area contributed by atoms with Crippen molar-refractivity contribution >= 4 is 15.9 Å². The molecule has 0 atom stereocenters. The third-order valence-corrected chi connectivity index (χ3v) is 2.42. The van der Waals surface area contributed by atoms with Crippen LogP contribution in [0.2, 0.25) is 0 Å². The Hall–Kier alpha value is -0.620. The molecule has 5 nitrogen and oxygen atoms in total. The van der Waals surface area contributed by atoms with Gasteiger partial charge in [0.25, 0.3) is 0 Å². The fourth-order valence-electron chi connectivity index (χ4n) is 0.810. The minimum absolute atomic E-state index is 0.125. The van der Waals surface area contributed by atoms with E-state index < -0.39 is 10.0 Å². The summed E-state index contributed by atoms with van der Waals surface area (Å²) < 4.78 is 20.9. The number of hydrogen-bond donors (Lipinski definition) is 2. The second-order valence-corrected chi connectivity index (χ2v) is 4.68. The molecule has 1 aliphatic rings. The number of primary sulfonamides is 1. The monoisotopic (exact) mass is 191 g/mol. The number of nitrogens with two attached hydrogens (primary N) is 2. The van der Waals surface area contributed by atoms with Gasteiger partial charge >= 0.3 is 0 Å². The van der Waals surface area contributed by atoms with Gasteiger partial charge in [-0.05, 0) is 12.8 Å². The molecule has 0 saturated heterocycles. The first-order chi connectivity index (χ1) is 5.49. The summed E-state index contributed by atoms with van der Waals surface area (Å²) in [6.07, 6.45) is 2.15. The van der Waals surface area contributed by atoms with Crippen LogP contribution < -0.4 is 10.9 Å². The van der Waals surface area contributed by atoms with Gasteiger partial charge in [-0.15, -0.1) is 0 Å². The van der Waals surface area contributed by atoms with Gasteiger partial charge in [0.15, 0.2) is 0 Å². The molecule has 0 spiro atoms. The summed E-state index contributed by atoms with van der Waals surface area (Å²) in [6, 6.07) is 0. The Labute approximate surface area is 71.9 Å². The van der Waals surface area contributed by atoms with Gasteiger partial charge in [0.2, 0.25) is 10.0 Å². The van der Waals surface area contributed by atoms with Crippen molar-refractivity contribution < 1.29 is 8.42 Å². The highest BCUT2D eigenvalue weighted by molar-refractivity contribution is 7.89. The summed E-state index contributed by atoms with van der Waals surface area (Å²) >= 11 is 0. The number of rotatable bonds is 4. The van der Waals surface area contributed by atoms with Gasteiger partial charge in [0, 0.05) is 5.92 Å². The summed E-state index contributed by atoms with van der Waals surface area (Å²) in [5, 5.41) is 4.78. The van der Waals surface area contributed by atoms with E-state index in [0.717, 1.165) is 12.8 Å². The lowest BCUT2D eigenvalue weighted by molar-refractivity contribution is 0.597. The SMILES string of the molecule is NC(=NCCS(N)(=O)=O)C1CC1. The van der Waals surface area contributed by atoms with Crippen LogP contribution in [0.3, 0.4) is 0 Å². The summed E-state index contributed by atoms with van der Waals surface area (Å²) in [5.74, 6) is 0.838. The van der Waals surface area contributed by atoms with E-state index in [1.165, 1.54) is 0 Å². The summed E-state index contributed by atoms with van der Waals surface area (Å²) in [6.45, 7) is 0.182. The second kappa shape index (κ2) is 3.40. The second-order valence-electron chi connectivity index (χ2n) is 2.95. The normalized spacial score (nSPS) is 19.6. The molecule has 0 aromatic rings. The number of nitrogens with zero attached hydrogens (tertiary/aromatic N) is 1. The van der Waals surface area contributed by atoms with Gasteiger partial charge in [-0.3, -0.25) is 4.99 Å². The number of aliphatic imine (C=N–C) groups is 1. The van der Waals surface area contributed by atoms with Crippen LogP contribution in [0.25, 0.3) is 0 Å². The van der Waals surface area contributed by atoms with E-state index in [0.29, 0.717) is 11.8 Å². The predicted molar refractivity (Wildman–Crippen MR) is 47.2 cm³/mol. The highest BCUT2D eigenvalue weighted by Crippen LogP contribution is 2.28. The first kappa shape index (κ1) is 9.47. The quantitative estimate of drug-likeness (QED) is 0.442. The minimum Gasteiger partial charge on any atom is -0.387 e. The van der Waals surface area contributed by atoms with Gasteiger partial charge in [-0.25, -0.2) is 13.6 Å². The molecule has 0 heterocycles. The molecule has 0 radical (unpaired) electrons. The molecule has 12 heavy (non-hydrogen) atoms. The van der Waals surface area contributed by atoms with Crippen LogP contribution in [0.1, 0.15) is 12.8 Å². The number of amidine groups is 1. The number of sulfonamides is 1. The third kappa shape index (κ3) is 3.68. The highest BCUT2D eigenvalue weighted by Gasteiger charge is 2.25. The Bertz CT molecular complexity index is 279. The van der Waals surface area contributed by atoms with Crippen molar-refractivity contribution in [2.75, 3.05) is 12.3 Å². The Kier molecular flexibility index (Phi) is 2.69. The Morgan fingerprint density at radius 3 is 2.50 bits per heavy atom. The topological polar surface area (TPSA) is 98.5 Å². The standard InChI is InChI=1S/C6H13N3O2S/c7-6(5-1-2-5)9-3-4-12(8,10)11/h5H,1-4H2,(H2,7,9)(H2,8,10,11). The highest BCUT2D eigenvalue weighted by atomic mass is 32.2. The van der Waals surface area contributed by atoms with Crippen molar-refractivity contribution in [3.63, 3.8) is 0 Å². The molecule has 0 unspecified atom stereocenters. The van der Waals surface area contributed by atoms with E-state index >= 15 is 0 Å². The van der Waals surface area contributed by atoms with Gasteiger partial charge in [0.1, 0.15) is 0 Å². The van der Waals surface area contributed by atoms with Crippen molar-refractivity contribution in [3.05, 3.63) is 0 Å². The molecule has 70 valence electrons. The van der Waals surface area contributed by atoms with Gasteiger partial charge in [-0.2, -0.15) is 0 Å². The van der Waals surface area contributed by atoms with Crippen LogP contribution in [0.5, 0.6) is 0 Å². The summed E-state index contributed by atoms with van der Waals surface area (Å²) in [5.41, 5.74) is 5.52. The summed E-state index contributed by atoms with van der Waals surface area (Å²) in [7, 11) is -3.39. The molecular weight excluding hydrogens is 178 g/mol. The van der Waals surface area contributed by atoms with Crippen molar-refractivity contribution in [1.29, 1.82) is 0 Å². The average molecular weight is 191 g/mol. The molecule has 1 fully saturated rings. The Morgan fingerprint density at radius 1 is 1.50 bits per heavy atom. The van der Waals surface area contributed by atoms with E-state index in [-0.39, 0.29) is 12.3 Å². The maximum Gasteiger partial charge on any atom is 0.210 e. The zero-order valence-electron chi connectivity index (χ0n) is 6.73. The molecule has 4 N–H and O–H groups in total. The molecular formula is C6H13N3O2S. The first-order valence-corrected chi connectivity index (χ1v) is 5.51. The van der Waals surface area contributed by atoms with Crippen molar-refractivity contribution in [2.24, 2.45) is 21.8 Å². The van der Waals surface area contributed by atoms with Gasteiger partial charge in [0.05, 0.1) is 18.1 Å². The van der Waals surface area contributed by atoms with Crippen LogP contribution in [0.15, 0.2) is 4.99 Å². The zero-order valence-corrected chi connectivity index (χ0v) is 7.55. The molecule has 0 aliphatic heterocycles. The first-order valence-electron chi connectivity index (χ1n) is 3.79. The molecule has 0 amide bonds. The van der Waals surface area contributed by atoms with Crippen LogP contribution >= 0.6 is 0 Å². The minimum atomic E-state index is -3.39. The maximum atomic E-state index is 10.5. The molecule has 0 aromatic carbocycles. The van der Waals surface area contributed by atoms with Gasteiger partial charge in [-0.1, -0.05) is 0 Å². The van der Waals surface area contributed by atoms with E-state index in [1.807, 2.05) is 0 Å². The lowest BCUT2D eigenvalue weighted by Crippen LogP contribution is -2.21. The number of hydrogen-bond acceptors (Lipinski definition) is 3. The Balaban J connectivity index is 2.29. The lowest BCUT2D eigenvalue weighted by atomic mass is 10.4. The average Bonchev–Trinajstić information content (AvgIpc) is 2.64. The van der Waals surface area contributed by atoms with E-state index in [9.17, 15) is 8.42 Å². The fraction of sp³-hybridized carbons (Fsp3) is 0.833. The van der Waals surface area contributed by atoms with Crippen LogP contribution in [0.4, 0.5) is 0 Å². The third-order valence-electron chi connectivity index (χ3n) is 1.67. The van der Waals surface area contributed by atoms with E-state index in [2.05, 4.69) is 4.99 Å². The largest absolute Gasteiger partial charge is 0.387 e. The zero-order chi connectivity index (χ0) is 9.19. The molecule has 1 saturated carbocycles. The fourth-order valence-corrected chi connectivity index (χ4v) is 1.16. The lowest BCUT2D eigenvalue weighted by Gasteiger charge is -1.96. The molecule has 0 aromatic heterocycles. The molecule has 1 aliphatic carbocycles. The maximum absolute atomic E-state index is 10.5. The van der Waals surface area contributed by atoms with Crippen molar-refractivity contribution in [2.45, 2.75) is 12.8 Å². The molecule has 0 bridgehead atoms. The molecule has 1 rings (SSSR count). The smallest absolute Gasteiger partial charge is 0.210 e. The predicted octanol–water partition coefficient (Wildman–Crippen LogP) is -0.958. The van der Waals surface area contributed by atoms with Gasteiger partial charge < -0.3 is 5.73 Å². The van der Waals surface area contributed by atoms with E-state index in [1.54, 1.807) is 0 Å².